The Morgan fingerprint density at radius 2 is 1.47 bits per heavy atom. The summed E-state index contributed by atoms with van der Waals surface area (Å²) in [6, 6.07) is 0.904. The maximum atomic E-state index is 9.59. The molecule has 0 saturated heterocycles. The second kappa shape index (κ2) is 19.1. The van der Waals surface area contributed by atoms with Crippen LogP contribution in [0.2, 0.25) is 12.6 Å². The van der Waals surface area contributed by atoms with Crippen LogP contribution in [0, 0.1) is 6.54 Å². The van der Waals surface area contributed by atoms with Crippen molar-refractivity contribution < 1.29 is 32.7 Å². The molecule has 8 heteroatoms. The highest BCUT2D eigenvalue weighted by Gasteiger charge is 2.29. The molecule has 3 atom stereocenters. The van der Waals surface area contributed by atoms with Gasteiger partial charge in [0.25, 0.3) is 0 Å². The number of hydrogen-bond acceptors (Lipinski definition) is 4. The van der Waals surface area contributed by atoms with Crippen LogP contribution in [0.4, 0.5) is 0 Å². The van der Waals surface area contributed by atoms with E-state index in [-0.39, 0.29) is 0 Å². The topological polar surface area (TPSA) is 64.9 Å². The molecule has 3 unspecified atom stereocenters. The lowest BCUT2D eigenvalue weighted by Crippen LogP contribution is -2.49. The molecule has 0 radical (unpaired) electrons. The Labute approximate surface area is 188 Å². The quantitative estimate of drug-likeness (QED) is 0.148. The highest BCUT2D eigenvalue weighted by Crippen LogP contribution is 2.18. The zero-order chi connectivity index (χ0) is 24.4. The molecular formula is C22H53N3O4Si+2. The predicted octanol–water partition coefficient (Wildman–Crippen LogP) is 2.20. The molecule has 0 aliphatic carbocycles. The van der Waals surface area contributed by atoms with Gasteiger partial charge >= 0.3 is 8.56 Å². The standard InChI is InChI=1S/C13H31NO4Si.C5H12N.C4H10N/c1-12(15)10-14(3,11-13(2)16)8-7-9-19(6,17-4)18-5;1-4-6(3)5-2;1-4-5(2)3/h10,12-13,15-16H,7-9,11H2,1-6H3;3-5H2,1-2H3;2,4H2,1,3H3/q;2*+1. The van der Waals surface area contributed by atoms with E-state index in [9.17, 15) is 10.2 Å². The lowest BCUT2D eigenvalue weighted by Gasteiger charge is -2.46. The van der Waals surface area contributed by atoms with Crippen LogP contribution in [0.3, 0.4) is 0 Å². The van der Waals surface area contributed by atoms with Crippen molar-refractivity contribution in [3.8, 4) is 0 Å². The van der Waals surface area contributed by atoms with Crippen LogP contribution in [-0.4, -0.2) is 119 Å². The van der Waals surface area contributed by atoms with Crippen LogP contribution in [-0.2, 0) is 8.85 Å². The summed E-state index contributed by atoms with van der Waals surface area (Å²) in [6.07, 6.45) is 0.0577. The lowest BCUT2D eigenvalue weighted by atomic mass is 10.2. The largest absolute Gasteiger partial charge is 0.453 e. The first-order valence-corrected chi connectivity index (χ1v) is 13.5. The van der Waals surface area contributed by atoms with Crippen molar-refractivity contribution in [1.29, 1.82) is 0 Å². The summed E-state index contributed by atoms with van der Waals surface area (Å²) in [5.74, 6) is 0. The fourth-order valence-electron chi connectivity index (χ4n) is 2.62. The van der Waals surface area contributed by atoms with Crippen molar-refractivity contribution in [2.75, 3.05) is 61.0 Å². The van der Waals surface area contributed by atoms with Gasteiger partial charge in [0.1, 0.15) is 40.1 Å². The van der Waals surface area contributed by atoms with Gasteiger partial charge in [0.05, 0.1) is 19.2 Å². The second-order valence-electron chi connectivity index (χ2n) is 8.25. The summed E-state index contributed by atoms with van der Waals surface area (Å²) in [4.78, 5) is 0. The Bertz CT molecular complexity index is 426. The van der Waals surface area contributed by atoms with E-state index in [1.165, 1.54) is 0 Å². The molecule has 0 fully saturated rings. The van der Waals surface area contributed by atoms with E-state index in [4.69, 9.17) is 8.85 Å². The Kier molecular flexibility index (Phi) is 21.6. The van der Waals surface area contributed by atoms with Crippen molar-refractivity contribution >= 4 is 22.0 Å². The third-order valence-corrected chi connectivity index (χ3v) is 7.84. The molecule has 0 saturated carbocycles. The van der Waals surface area contributed by atoms with Crippen molar-refractivity contribution in [3.63, 3.8) is 0 Å². The first-order chi connectivity index (χ1) is 13.7. The Hall–Kier alpha value is -0.643. The normalized spacial score (nSPS) is 14.9. The van der Waals surface area contributed by atoms with E-state index in [0.29, 0.717) is 11.0 Å². The molecule has 0 rings (SSSR count). The van der Waals surface area contributed by atoms with Crippen molar-refractivity contribution in [2.45, 2.75) is 65.8 Å². The zero-order valence-corrected chi connectivity index (χ0v) is 22.6. The lowest BCUT2D eigenvalue weighted by molar-refractivity contribution is -0.886. The van der Waals surface area contributed by atoms with E-state index in [1.807, 2.05) is 36.3 Å². The third kappa shape index (κ3) is 22.1. The fraction of sp³-hybridized carbons (Fsp3) is 0.864. The number of quaternary nitrogens is 1. The van der Waals surface area contributed by atoms with Crippen molar-refractivity contribution in [1.82, 2.24) is 0 Å². The van der Waals surface area contributed by atoms with Crippen LogP contribution in [0.15, 0.2) is 0 Å². The summed E-state index contributed by atoms with van der Waals surface area (Å²) in [7, 11) is 5.34. The molecule has 0 heterocycles. The van der Waals surface area contributed by atoms with Gasteiger partial charge in [-0.3, -0.25) is 0 Å². The fourth-order valence-corrected chi connectivity index (χ4v) is 4.00. The minimum absolute atomic E-state index is 0.395. The molecule has 0 amide bonds. The maximum Gasteiger partial charge on any atom is 0.334 e. The summed E-state index contributed by atoms with van der Waals surface area (Å²) in [6.45, 7) is 25.6. The molecule has 0 aromatic rings. The molecular weight excluding hydrogens is 398 g/mol. The van der Waals surface area contributed by atoms with Gasteiger partial charge in [-0.15, -0.1) is 6.54 Å². The van der Waals surface area contributed by atoms with Crippen LogP contribution in [0.1, 0.15) is 41.0 Å². The van der Waals surface area contributed by atoms with Gasteiger partial charge in [-0.25, -0.2) is 9.15 Å². The van der Waals surface area contributed by atoms with Gasteiger partial charge in [-0.05, 0) is 52.8 Å². The van der Waals surface area contributed by atoms with Gasteiger partial charge in [0.15, 0.2) is 0 Å². The van der Waals surface area contributed by atoms with E-state index >= 15 is 0 Å². The van der Waals surface area contributed by atoms with Crippen LogP contribution >= 0.6 is 0 Å². The van der Waals surface area contributed by atoms with Crippen molar-refractivity contribution in [3.05, 3.63) is 6.54 Å². The number of nitrogens with zero attached hydrogens (tertiary/aromatic N) is 3. The first-order valence-electron chi connectivity index (χ1n) is 11.0. The molecule has 0 aromatic heterocycles. The predicted molar refractivity (Wildman–Crippen MR) is 131 cm³/mol. The zero-order valence-electron chi connectivity index (χ0n) is 21.6. The monoisotopic (exact) mass is 451 g/mol. The van der Waals surface area contributed by atoms with Gasteiger partial charge in [0, 0.05) is 21.3 Å². The molecule has 7 nitrogen and oxygen atoms in total. The van der Waals surface area contributed by atoms with Crippen LogP contribution < -0.4 is 0 Å². The molecule has 0 bridgehead atoms. The number of rotatable bonds is 13. The second-order valence-corrected chi connectivity index (χ2v) is 11.8. The van der Waals surface area contributed by atoms with Crippen LogP contribution in [0.5, 0.6) is 0 Å². The van der Waals surface area contributed by atoms with Gasteiger partial charge in [-0.1, -0.05) is 6.92 Å². The van der Waals surface area contributed by atoms with E-state index in [0.717, 1.165) is 38.6 Å². The first kappa shape index (κ1) is 34.0. The molecule has 0 aromatic carbocycles. The minimum atomic E-state index is -2.03. The maximum absolute atomic E-state index is 9.59. The summed E-state index contributed by atoms with van der Waals surface area (Å²) in [5, 5.41) is 19.2. The van der Waals surface area contributed by atoms with Gasteiger partial charge < -0.3 is 23.5 Å². The van der Waals surface area contributed by atoms with Crippen molar-refractivity contribution in [2.24, 2.45) is 0 Å². The van der Waals surface area contributed by atoms with E-state index in [1.54, 1.807) is 28.1 Å². The average Bonchev–Trinajstić information content (AvgIpc) is 2.66. The SMILES string of the molecule is C=[N+](C)CC.C=[N+](CC)CC.CO[Si](C)(CCC[N+](C)([CH-]C(C)O)CC(C)O)OC. The van der Waals surface area contributed by atoms with Crippen LogP contribution in [0.25, 0.3) is 0 Å². The number of hydrogen-bond donors (Lipinski definition) is 2. The number of likely N-dealkylation sites (N-methyl/N-ethyl adjacent to an activating group) is 1. The van der Waals surface area contributed by atoms with E-state index in [2.05, 4.69) is 34.2 Å². The van der Waals surface area contributed by atoms with E-state index < -0.39 is 20.8 Å². The van der Waals surface area contributed by atoms with Gasteiger partial charge in [0.2, 0.25) is 0 Å². The summed E-state index contributed by atoms with van der Waals surface area (Å²) < 4.78 is 15.4. The molecule has 0 aliphatic rings. The highest BCUT2D eigenvalue weighted by atomic mass is 28.4. The molecule has 0 spiro atoms. The minimum Gasteiger partial charge on any atom is -0.453 e. The molecule has 2 N–H and O–H groups in total. The smallest absolute Gasteiger partial charge is 0.334 e. The Morgan fingerprint density at radius 1 is 1.03 bits per heavy atom. The summed E-state index contributed by atoms with van der Waals surface area (Å²) >= 11 is 0. The molecule has 182 valence electrons. The highest BCUT2D eigenvalue weighted by molar-refractivity contribution is 6.65. The third-order valence-electron chi connectivity index (χ3n) is 4.85. The Balaban J connectivity index is -0.000000541. The molecule has 0 aliphatic heterocycles. The summed E-state index contributed by atoms with van der Waals surface area (Å²) in [5.41, 5.74) is 0. The average molecular weight is 452 g/mol. The Morgan fingerprint density at radius 3 is 1.70 bits per heavy atom. The van der Waals surface area contributed by atoms with Gasteiger partial charge in [-0.2, -0.15) is 0 Å². The number of aliphatic hydroxyl groups excluding tert-OH is 2. The molecule has 30 heavy (non-hydrogen) atoms. The number of aliphatic hydroxyl groups is 2.